The number of nitrogens with zero attached hydrogens (tertiary/aromatic N) is 3. The summed E-state index contributed by atoms with van der Waals surface area (Å²) in [7, 11) is 0. The third-order valence-electron chi connectivity index (χ3n) is 4.78. The van der Waals surface area contributed by atoms with E-state index < -0.39 is 12.7 Å². The summed E-state index contributed by atoms with van der Waals surface area (Å²) >= 11 is 0. The van der Waals surface area contributed by atoms with Gasteiger partial charge in [-0.3, -0.25) is 9.48 Å². The van der Waals surface area contributed by atoms with E-state index in [0.717, 1.165) is 18.5 Å². The average Bonchev–Trinajstić information content (AvgIpc) is 3.38. The van der Waals surface area contributed by atoms with Crippen LogP contribution in [0.3, 0.4) is 0 Å². The summed E-state index contributed by atoms with van der Waals surface area (Å²) in [5.74, 6) is 0.00598. The van der Waals surface area contributed by atoms with Gasteiger partial charge < -0.3 is 14.7 Å². The SMILES string of the molecule is O=C(c1cccc(OC(F)F)c1)N1CCn2nc([C@H](O)C3CC3)cc2C1. The third-order valence-corrected chi connectivity index (χ3v) is 4.78. The first-order valence-corrected chi connectivity index (χ1v) is 8.60. The summed E-state index contributed by atoms with van der Waals surface area (Å²) in [6.07, 6.45) is 1.50. The van der Waals surface area contributed by atoms with Crippen LogP contribution in [0.2, 0.25) is 0 Å². The van der Waals surface area contributed by atoms with E-state index in [2.05, 4.69) is 9.84 Å². The van der Waals surface area contributed by atoms with Gasteiger partial charge in [0, 0.05) is 12.1 Å². The number of aliphatic hydroxyl groups is 1. The first kappa shape index (κ1) is 17.0. The number of hydrogen-bond acceptors (Lipinski definition) is 4. The van der Waals surface area contributed by atoms with Crippen LogP contribution >= 0.6 is 0 Å². The van der Waals surface area contributed by atoms with Gasteiger partial charge in [-0.1, -0.05) is 6.07 Å². The molecular formula is C18H19F2N3O3. The van der Waals surface area contributed by atoms with Crippen molar-refractivity contribution in [1.29, 1.82) is 0 Å². The molecule has 1 aromatic heterocycles. The molecule has 1 saturated carbocycles. The number of carbonyl (C=O) groups excluding carboxylic acids is 1. The molecule has 26 heavy (non-hydrogen) atoms. The number of halogens is 2. The lowest BCUT2D eigenvalue weighted by atomic mass is 10.1. The smallest absolute Gasteiger partial charge is 0.387 e. The van der Waals surface area contributed by atoms with Crippen molar-refractivity contribution in [1.82, 2.24) is 14.7 Å². The number of aromatic nitrogens is 2. The number of benzene rings is 1. The molecule has 0 radical (unpaired) electrons. The molecular weight excluding hydrogens is 344 g/mol. The Balaban J connectivity index is 1.48. The second-order valence-corrected chi connectivity index (χ2v) is 6.70. The normalized spacial score (nSPS) is 17.9. The molecule has 0 spiro atoms. The van der Waals surface area contributed by atoms with Crippen LogP contribution in [0.4, 0.5) is 8.78 Å². The molecule has 1 aliphatic heterocycles. The van der Waals surface area contributed by atoms with E-state index in [1.807, 2.05) is 10.7 Å². The van der Waals surface area contributed by atoms with Crippen molar-refractivity contribution >= 4 is 5.91 Å². The molecule has 1 fully saturated rings. The molecule has 1 aliphatic carbocycles. The molecule has 0 saturated heterocycles. The zero-order valence-corrected chi connectivity index (χ0v) is 14.0. The number of ether oxygens (including phenoxy) is 1. The zero-order valence-electron chi connectivity index (χ0n) is 14.0. The van der Waals surface area contributed by atoms with E-state index >= 15 is 0 Å². The Morgan fingerprint density at radius 1 is 1.27 bits per heavy atom. The van der Waals surface area contributed by atoms with Gasteiger partial charge in [0.1, 0.15) is 11.9 Å². The van der Waals surface area contributed by atoms with Crippen molar-refractivity contribution in [3.8, 4) is 5.75 Å². The highest BCUT2D eigenvalue weighted by Gasteiger charge is 2.33. The van der Waals surface area contributed by atoms with Crippen LogP contribution in [0.25, 0.3) is 0 Å². The van der Waals surface area contributed by atoms with E-state index in [1.54, 1.807) is 11.0 Å². The maximum absolute atomic E-state index is 12.7. The van der Waals surface area contributed by atoms with Crippen molar-refractivity contribution in [2.75, 3.05) is 6.54 Å². The van der Waals surface area contributed by atoms with Gasteiger partial charge in [-0.05, 0) is 43.0 Å². The fraction of sp³-hybridized carbons (Fsp3) is 0.444. The van der Waals surface area contributed by atoms with Gasteiger partial charge in [0.05, 0.1) is 24.5 Å². The summed E-state index contributed by atoms with van der Waals surface area (Å²) in [5.41, 5.74) is 1.82. The van der Waals surface area contributed by atoms with Crippen molar-refractivity contribution in [3.05, 3.63) is 47.3 Å². The maximum Gasteiger partial charge on any atom is 0.387 e. The van der Waals surface area contributed by atoms with Crippen LogP contribution in [0.1, 0.15) is 40.7 Å². The minimum atomic E-state index is -2.93. The number of rotatable bonds is 5. The number of alkyl halides is 2. The number of hydrogen-bond donors (Lipinski definition) is 1. The van der Waals surface area contributed by atoms with Gasteiger partial charge in [-0.25, -0.2) is 0 Å². The molecule has 1 N–H and O–H groups in total. The molecule has 1 aromatic carbocycles. The van der Waals surface area contributed by atoms with Gasteiger partial charge in [0.25, 0.3) is 5.91 Å². The van der Waals surface area contributed by atoms with Crippen LogP contribution in [0.5, 0.6) is 5.75 Å². The van der Waals surface area contributed by atoms with Gasteiger partial charge in [-0.15, -0.1) is 0 Å². The molecule has 0 unspecified atom stereocenters. The fourth-order valence-electron chi connectivity index (χ4n) is 3.25. The third kappa shape index (κ3) is 3.41. The Morgan fingerprint density at radius 2 is 2.08 bits per heavy atom. The van der Waals surface area contributed by atoms with Crippen molar-refractivity contribution in [2.45, 2.75) is 38.6 Å². The minimum absolute atomic E-state index is 0.0391. The Bertz CT molecular complexity index is 820. The van der Waals surface area contributed by atoms with E-state index in [-0.39, 0.29) is 11.7 Å². The fourth-order valence-corrected chi connectivity index (χ4v) is 3.25. The number of aliphatic hydroxyl groups excluding tert-OH is 1. The van der Waals surface area contributed by atoms with E-state index in [0.29, 0.717) is 36.8 Å². The zero-order chi connectivity index (χ0) is 18.3. The largest absolute Gasteiger partial charge is 0.435 e. The van der Waals surface area contributed by atoms with Gasteiger partial charge in [-0.2, -0.15) is 13.9 Å². The Labute approximate surface area is 149 Å². The topological polar surface area (TPSA) is 67.6 Å². The first-order chi connectivity index (χ1) is 12.5. The highest BCUT2D eigenvalue weighted by atomic mass is 19.3. The standard InChI is InChI=1S/C18H19F2N3O3/c19-18(20)26-14-3-1-2-12(8-14)17(25)22-6-7-23-13(10-22)9-15(21-23)16(24)11-4-5-11/h1-3,8-9,11,16,18,24H,4-7,10H2/t16-/m1/s1. The Hall–Kier alpha value is -2.48. The van der Waals surface area contributed by atoms with Crippen LogP contribution in [0.15, 0.2) is 30.3 Å². The molecule has 2 heterocycles. The van der Waals surface area contributed by atoms with Crippen molar-refractivity contribution in [3.63, 3.8) is 0 Å². The second kappa shape index (κ2) is 6.68. The van der Waals surface area contributed by atoms with Crippen molar-refractivity contribution < 1.29 is 23.4 Å². The predicted octanol–water partition coefficient (Wildman–Crippen LogP) is 2.58. The highest BCUT2D eigenvalue weighted by molar-refractivity contribution is 5.94. The molecule has 8 heteroatoms. The number of carbonyl (C=O) groups is 1. The lowest BCUT2D eigenvalue weighted by Gasteiger charge is -2.27. The van der Waals surface area contributed by atoms with E-state index in [1.165, 1.54) is 18.2 Å². The molecule has 2 aliphatic rings. The second-order valence-electron chi connectivity index (χ2n) is 6.70. The van der Waals surface area contributed by atoms with E-state index in [4.69, 9.17) is 0 Å². The molecule has 1 atom stereocenters. The highest BCUT2D eigenvalue weighted by Crippen LogP contribution is 2.40. The van der Waals surface area contributed by atoms with Crippen LogP contribution in [0, 0.1) is 5.92 Å². The van der Waals surface area contributed by atoms with E-state index in [9.17, 15) is 18.7 Å². The Kier molecular flexibility index (Phi) is 4.36. The summed E-state index contributed by atoms with van der Waals surface area (Å²) in [6.45, 7) is -1.57. The van der Waals surface area contributed by atoms with Gasteiger partial charge in [0.15, 0.2) is 0 Å². The molecule has 1 amide bonds. The van der Waals surface area contributed by atoms with Gasteiger partial charge >= 0.3 is 6.61 Å². The van der Waals surface area contributed by atoms with Gasteiger partial charge in [0.2, 0.25) is 0 Å². The molecule has 4 rings (SSSR count). The van der Waals surface area contributed by atoms with Crippen LogP contribution < -0.4 is 4.74 Å². The lowest BCUT2D eigenvalue weighted by molar-refractivity contribution is -0.0499. The monoisotopic (exact) mass is 363 g/mol. The van der Waals surface area contributed by atoms with Crippen LogP contribution in [-0.4, -0.2) is 38.9 Å². The molecule has 138 valence electrons. The number of amides is 1. The summed E-state index contributed by atoms with van der Waals surface area (Å²) < 4.78 is 30.9. The average molecular weight is 363 g/mol. The predicted molar refractivity (Wildman–Crippen MR) is 87.7 cm³/mol. The maximum atomic E-state index is 12.7. The lowest BCUT2D eigenvalue weighted by Crippen LogP contribution is -2.38. The summed E-state index contributed by atoms with van der Waals surface area (Å²) in [4.78, 5) is 14.4. The quantitative estimate of drug-likeness (QED) is 0.887. The molecule has 6 nitrogen and oxygen atoms in total. The summed E-state index contributed by atoms with van der Waals surface area (Å²) in [5, 5.41) is 14.7. The minimum Gasteiger partial charge on any atom is -0.435 e. The summed E-state index contributed by atoms with van der Waals surface area (Å²) in [6, 6.07) is 7.65. The molecule has 0 bridgehead atoms. The molecule has 2 aromatic rings. The van der Waals surface area contributed by atoms with Crippen LogP contribution in [-0.2, 0) is 13.1 Å². The van der Waals surface area contributed by atoms with Crippen molar-refractivity contribution in [2.24, 2.45) is 5.92 Å². The first-order valence-electron chi connectivity index (χ1n) is 8.60. The number of fused-ring (bicyclic) bond motifs is 1. The Morgan fingerprint density at radius 3 is 2.81 bits per heavy atom.